The number of nitrogens with zero attached hydrogens (tertiary/aromatic N) is 1. The van der Waals surface area contributed by atoms with Crippen molar-refractivity contribution in [1.29, 1.82) is 0 Å². The van der Waals surface area contributed by atoms with Gasteiger partial charge in [-0.25, -0.2) is 9.78 Å². The molecule has 0 fully saturated rings. The molecular weight excluding hydrogens is 326 g/mol. The van der Waals surface area contributed by atoms with Crippen LogP contribution in [0.25, 0.3) is 23.1 Å². The Labute approximate surface area is 153 Å². The van der Waals surface area contributed by atoms with Crippen LogP contribution in [0, 0.1) is 0 Å². The quantitative estimate of drug-likeness (QED) is 0.449. The first-order valence-electron chi connectivity index (χ1n) is 8.44. The summed E-state index contributed by atoms with van der Waals surface area (Å²) in [6.45, 7) is 5.38. The number of benzene rings is 2. The number of hydrogen-bond acceptors (Lipinski definition) is 4. The van der Waals surface area contributed by atoms with Gasteiger partial charge in [0.25, 0.3) is 0 Å². The molecule has 4 nitrogen and oxygen atoms in total. The van der Waals surface area contributed by atoms with E-state index in [9.17, 15) is 4.79 Å². The molecule has 0 N–H and O–H groups in total. The van der Waals surface area contributed by atoms with Crippen LogP contribution in [0.5, 0.6) is 5.75 Å². The molecule has 0 aliphatic heterocycles. The minimum Gasteiger partial charge on any atom is -0.428 e. The standard InChI is InChI=1S/C22H21NO3/c1-22(2,3)26-21(24)25-19-11-7-10-17-13-15-18(23-20(17)19)14-12-16-8-5-4-6-9-16/h4-15H,1-3H3/b14-12+. The van der Waals surface area contributed by atoms with Gasteiger partial charge in [0.15, 0.2) is 5.75 Å². The lowest BCUT2D eigenvalue weighted by Gasteiger charge is -2.18. The second-order valence-corrected chi connectivity index (χ2v) is 6.87. The van der Waals surface area contributed by atoms with Gasteiger partial charge in [0.1, 0.15) is 11.1 Å². The van der Waals surface area contributed by atoms with Gasteiger partial charge in [-0.2, -0.15) is 0 Å². The van der Waals surface area contributed by atoms with Crippen LogP contribution < -0.4 is 4.74 Å². The number of para-hydroxylation sites is 1. The molecule has 3 aromatic rings. The van der Waals surface area contributed by atoms with Gasteiger partial charge in [-0.15, -0.1) is 0 Å². The summed E-state index contributed by atoms with van der Waals surface area (Å²) in [6.07, 6.45) is 3.18. The highest BCUT2D eigenvalue weighted by atomic mass is 16.7. The van der Waals surface area contributed by atoms with Gasteiger partial charge in [-0.05, 0) is 44.5 Å². The average molecular weight is 347 g/mol. The van der Waals surface area contributed by atoms with E-state index >= 15 is 0 Å². The Hall–Kier alpha value is -3.14. The van der Waals surface area contributed by atoms with Crippen molar-refractivity contribution in [3.63, 3.8) is 0 Å². The molecule has 26 heavy (non-hydrogen) atoms. The highest BCUT2D eigenvalue weighted by molar-refractivity contribution is 5.87. The van der Waals surface area contributed by atoms with Crippen molar-refractivity contribution in [3.8, 4) is 5.75 Å². The van der Waals surface area contributed by atoms with Gasteiger partial charge in [-0.3, -0.25) is 0 Å². The van der Waals surface area contributed by atoms with E-state index in [-0.39, 0.29) is 0 Å². The molecule has 0 spiro atoms. The Bertz CT molecular complexity index is 941. The first-order chi connectivity index (χ1) is 12.4. The van der Waals surface area contributed by atoms with Gasteiger partial charge in [0.2, 0.25) is 0 Å². The minimum absolute atomic E-state index is 0.381. The van der Waals surface area contributed by atoms with Gasteiger partial charge >= 0.3 is 6.16 Å². The number of aromatic nitrogens is 1. The van der Waals surface area contributed by atoms with Crippen molar-refractivity contribution >= 4 is 29.2 Å². The number of rotatable bonds is 3. The van der Waals surface area contributed by atoms with E-state index in [0.29, 0.717) is 11.3 Å². The normalized spacial score (nSPS) is 11.7. The fourth-order valence-electron chi connectivity index (χ4n) is 2.42. The summed E-state index contributed by atoms with van der Waals surface area (Å²) in [6, 6.07) is 19.3. The predicted molar refractivity (Wildman–Crippen MR) is 104 cm³/mol. The molecule has 0 unspecified atom stereocenters. The zero-order valence-electron chi connectivity index (χ0n) is 15.1. The molecule has 0 atom stereocenters. The van der Waals surface area contributed by atoms with Crippen LogP contribution in [0.15, 0.2) is 60.7 Å². The van der Waals surface area contributed by atoms with Crippen molar-refractivity contribution in [1.82, 2.24) is 4.98 Å². The lowest BCUT2D eigenvalue weighted by atomic mass is 10.1. The first kappa shape index (κ1) is 17.7. The van der Waals surface area contributed by atoms with Gasteiger partial charge in [0.05, 0.1) is 5.69 Å². The lowest BCUT2D eigenvalue weighted by Crippen LogP contribution is -2.26. The third-order valence-electron chi connectivity index (χ3n) is 3.53. The number of carbonyl (C=O) groups is 1. The second kappa shape index (κ2) is 7.40. The van der Waals surface area contributed by atoms with Crippen molar-refractivity contribution in [2.45, 2.75) is 26.4 Å². The summed E-state index contributed by atoms with van der Waals surface area (Å²) in [5.74, 6) is 0.381. The average Bonchev–Trinajstić information content (AvgIpc) is 2.59. The van der Waals surface area contributed by atoms with E-state index < -0.39 is 11.8 Å². The Morgan fingerprint density at radius 1 is 0.923 bits per heavy atom. The number of hydrogen-bond donors (Lipinski definition) is 0. The maximum absolute atomic E-state index is 12.0. The molecular formula is C22H21NO3. The van der Waals surface area contributed by atoms with E-state index in [2.05, 4.69) is 4.98 Å². The maximum Gasteiger partial charge on any atom is 0.514 e. The molecule has 0 saturated heterocycles. The van der Waals surface area contributed by atoms with Crippen LogP contribution in [-0.2, 0) is 4.74 Å². The Morgan fingerprint density at radius 2 is 1.69 bits per heavy atom. The Kier molecular flexibility index (Phi) is 5.03. The maximum atomic E-state index is 12.0. The number of fused-ring (bicyclic) bond motifs is 1. The molecule has 0 aliphatic rings. The van der Waals surface area contributed by atoms with E-state index in [4.69, 9.17) is 9.47 Å². The molecule has 0 amide bonds. The third kappa shape index (κ3) is 4.70. The van der Waals surface area contributed by atoms with E-state index in [1.54, 1.807) is 26.8 Å². The SMILES string of the molecule is CC(C)(C)OC(=O)Oc1cccc2ccc(/C=C/c3ccccc3)nc12. The summed E-state index contributed by atoms with van der Waals surface area (Å²) >= 11 is 0. The van der Waals surface area contributed by atoms with Crippen LogP contribution in [0.3, 0.4) is 0 Å². The smallest absolute Gasteiger partial charge is 0.428 e. The van der Waals surface area contributed by atoms with Crippen LogP contribution in [-0.4, -0.2) is 16.7 Å². The summed E-state index contributed by atoms with van der Waals surface area (Å²) in [5.41, 5.74) is 1.88. The van der Waals surface area contributed by atoms with Gasteiger partial charge < -0.3 is 9.47 Å². The minimum atomic E-state index is -0.739. The molecule has 3 rings (SSSR count). The predicted octanol–water partition coefficient (Wildman–Crippen LogP) is 5.72. The zero-order valence-corrected chi connectivity index (χ0v) is 15.1. The van der Waals surface area contributed by atoms with Crippen LogP contribution in [0.4, 0.5) is 4.79 Å². The second-order valence-electron chi connectivity index (χ2n) is 6.87. The van der Waals surface area contributed by atoms with Gasteiger partial charge in [-0.1, -0.05) is 54.6 Å². The molecule has 132 valence electrons. The highest BCUT2D eigenvalue weighted by Gasteiger charge is 2.19. The van der Waals surface area contributed by atoms with Crippen LogP contribution in [0.2, 0.25) is 0 Å². The monoisotopic (exact) mass is 347 g/mol. The summed E-state index contributed by atoms with van der Waals surface area (Å²) < 4.78 is 10.6. The molecule has 0 radical (unpaired) electrons. The Balaban J connectivity index is 1.88. The molecule has 1 heterocycles. The molecule has 0 bridgehead atoms. The van der Waals surface area contributed by atoms with E-state index in [0.717, 1.165) is 16.6 Å². The first-order valence-corrected chi connectivity index (χ1v) is 8.44. The summed E-state index contributed by atoms with van der Waals surface area (Å²) in [7, 11) is 0. The van der Waals surface area contributed by atoms with E-state index in [1.807, 2.05) is 66.7 Å². The number of pyridine rings is 1. The fraction of sp³-hybridized carbons (Fsp3) is 0.182. The lowest BCUT2D eigenvalue weighted by molar-refractivity contribution is 0.0209. The van der Waals surface area contributed by atoms with Crippen LogP contribution in [0.1, 0.15) is 32.0 Å². The molecule has 2 aromatic carbocycles. The molecule has 1 aromatic heterocycles. The molecule has 0 aliphatic carbocycles. The van der Waals surface area contributed by atoms with Gasteiger partial charge in [0, 0.05) is 5.39 Å². The largest absolute Gasteiger partial charge is 0.514 e. The fourth-order valence-corrected chi connectivity index (χ4v) is 2.42. The third-order valence-corrected chi connectivity index (χ3v) is 3.53. The van der Waals surface area contributed by atoms with Crippen molar-refractivity contribution < 1.29 is 14.3 Å². The number of carbonyl (C=O) groups excluding carboxylic acids is 1. The summed E-state index contributed by atoms with van der Waals surface area (Å²) in [5, 5.41) is 0.892. The van der Waals surface area contributed by atoms with Crippen LogP contribution >= 0.6 is 0 Å². The zero-order chi connectivity index (χ0) is 18.6. The molecule has 4 heteroatoms. The van der Waals surface area contributed by atoms with Crippen molar-refractivity contribution in [2.75, 3.05) is 0 Å². The van der Waals surface area contributed by atoms with Crippen molar-refractivity contribution in [3.05, 3.63) is 71.9 Å². The highest BCUT2D eigenvalue weighted by Crippen LogP contribution is 2.25. The number of ether oxygens (including phenoxy) is 2. The Morgan fingerprint density at radius 3 is 2.42 bits per heavy atom. The van der Waals surface area contributed by atoms with E-state index in [1.165, 1.54) is 0 Å². The topological polar surface area (TPSA) is 48.4 Å². The van der Waals surface area contributed by atoms with Crippen molar-refractivity contribution in [2.24, 2.45) is 0 Å². The molecule has 0 saturated carbocycles. The summed E-state index contributed by atoms with van der Waals surface area (Å²) in [4.78, 5) is 16.6.